The largest absolute Gasteiger partial charge is 0.507 e. The first-order valence-corrected chi connectivity index (χ1v) is 6.49. The lowest BCUT2D eigenvalue weighted by atomic mass is 10.2. The molecule has 1 aliphatic heterocycles. The summed E-state index contributed by atoms with van der Waals surface area (Å²) in [5.74, 6) is 1.48. The van der Waals surface area contributed by atoms with E-state index >= 15 is 0 Å². The number of thioether (sulfide) groups is 1. The second-order valence-electron chi connectivity index (χ2n) is 3.90. The molecule has 1 aromatic carbocycles. The number of hydrogen-bond donors (Lipinski definition) is 2. The quantitative estimate of drug-likeness (QED) is 0.770. The molecule has 1 fully saturated rings. The van der Waals surface area contributed by atoms with E-state index in [9.17, 15) is 5.11 Å². The number of nitrogens with one attached hydrogen (secondary N) is 1. The van der Waals surface area contributed by atoms with Gasteiger partial charge < -0.3 is 10.4 Å². The molecule has 1 heterocycles. The lowest BCUT2D eigenvalue weighted by molar-refractivity contribution is 0.462. The lowest BCUT2D eigenvalue weighted by Gasteiger charge is -2.09. The molecule has 2 N–H and O–H groups in total. The zero-order valence-electron chi connectivity index (χ0n) is 8.78. The number of rotatable bonds is 4. The van der Waals surface area contributed by atoms with Crippen LogP contribution in [0.1, 0.15) is 19.3 Å². The molecule has 0 amide bonds. The highest BCUT2D eigenvalue weighted by Crippen LogP contribution is 2.28. The minimum Gasteiger partial charge on any atom is -0.507 e. The standard InChI is InChI=1S/C12H17NOS/c14-11-5-1-2-6-12(11)15-9-7-10-4-3-8-13-10/h1-2,5-6,10,13-14H,3-4,7-9H2. The van der Waals surface area contributed by atoms with Crippen LogP contribution in [0.3, 0.4) is 0 Å². The number of phenolic OH excluding ortho intramolecular Hbond substituents is 1. The highest BCUT2D eigenvalue weighted by atomic mass is 32.2. The fourth-order valence-corrected chi connectivity index (χ4v) is 2.91. The Kier molecular flexibility index (Phi) is 3.92. The number of benzene rings is 1. The summed E-state index contributed by atoms with van der Waals surface area (Å²) in [5, 5.41) is 13.0. The maximum atomic E-state index is 9.57. The van der Waals surface area contributed by atoms with Crippen molar-refractivity contribution in [3.8, 4) is 5.75 Å². The molecule has 82 valence electrons. The first-order valence-electron chi connectivity index (χ1n) is 5.50. The average Bonchev–Trinajstić information content (AvgIpc) is 2.74. The third-order valence-corrected chi connectivity index (χ3v) is 3.85. The normalized spacial score (nSPS) is 20.7. The van der Waals surface area contributed by atoms with Gasteiger partial charge in [-0.2, -0.15) is 0 Å². The van der Waals surface area contributed by atoms with E-state index in [4.69, 9.17) is 0 Å². The van der Waals surface area contributed by atoms with E-state index in [1.807, 2.05) is 18.2 Å². The van der Waals surface area contributed by atoms with Crippen molar-refractivity contribution in [1.82, 2.24) is 5.32 Å². The van der Waals surface area contributed by atoms with Gasteiger partial charge in [-0.05, 0) is 43.7 Å². The van der Waals surface area contributed by atoms with E-state index in [1.54, 1.807) is 17.8 Å². The predicted molar refractivity (Wildman–Crippen MR) is 64.5 cm³/mol. The Labute approximate surface area is 95.1 Å². The number of aromatic hydroxyl groups is 1. The maximum absolute atomic E-state index is 9.57. The molecular weight excluding hydrogens is 206 g/mol. The average molecular weight is 223 g/mol. The monoisotopic (exact) mass is 223 g/mol. The molecule has 0 bridgehead atoms. The van der Waals surface area contributed by atoms with Gasteiger partial charge >= 0.3 is 0 Å². The van der Waals surface area contributed by atoms with Gasteiger partial charge in [-0.3, -0.25) is 0 Å². The first-order chi connectivity index (χ1) is 7.36. The molecule has 0 aliphatic carbocycles. The highest BCUT2D eigenvalue weighted by molar-refractivity contribution is 7.99. The number of phenols is 1. The predicted octanol–water partition coefficient (Wildman–Crippen LogP) is 2.63. The molecule has 0 spiro atoms. The Balaban J connectivity index is 1.75. The second-order valence-corrected chi connectivity index (χ2v) is 5.03. The summed E-state index contributed by atoms with van der Waals surface area (Å²) in [4.78, 5) is 0.996. The Morgan fingerprint density at radius 3 is 3.00 bits per heavy atom. The van der Waals surface area contributed by atoms with Gasteiger partial charge in [-0.15, -0.1) is 11.8 Å². The molecule has 2 nitrogen and oxygen atoms in total. The zero-order chi connectivity index (χ0) is 10.5. The van der Waals surface area contributed by atoms with Gasteiger partial charge in [0.1, 0.15) is 5.75 Å². The SMILES string of the molecule is Oc1ccccc1SCCC1CCCN1. The number of para-hydroxylation sites is 1. The van der Waals surface area contributed by atoms with E-state index in [-0.39, 0.29) is 0 Å². The van der Waals surface area contributed by atoms with Crippen molar-refractivity contribution in [2.45, 2.75) is 30.2 Å². The molecular formula is C12H17NOS. The molecule has 1 atom stereocenters. The van der Waals surface area contributed by atoms with Gasteiger partial charge in [0, 0.05) is 10.9 Å². The van der Waals surface area contributed by atoms with Crippen LogP contribution in [0.2, 0.25) is 0 Å². The molecule has 15 heavy (non-hydrogen) atoms. The molecule has 0 saturated carbocycles. The van der Waals surface area contributed by atoms with E-state index in [0.29, 0.717) is 11.8 Å². The number of hydrogen-bond acceptors (Lipinski definition) is 3. The fraction of sp³-hybridized carbons (Fsp3) is 0.500. The zero-order valence-corrected chi connectivity index (χ0v) is 9.59. The molecule has 0 aromatic heterocycles. The molecule has 1 unspecified atom stereocenters. The van der Waals surface area contributed by atoms with E-state index in [2.05, 4.69) is 5.32 Å². The van der Waals surface area contributed by atoms with Crippen molar-refractivity contribution in [2.75, 3.05) is 12.3 Å². The van der Waals surface area contributed by atoms with E-state index < -0.39 is 0 Å². The van der Waals surface area contributed by atoms with Crippen molar-refractivity contribution < 1.29 is 5.11 Å². The summed E-state index contributed by atoms with van der Waals surface area (Å²) < 4.78 is 0. The summed E-state index contributed by atoms with van der Waals surface area (Å²) in [5.41, 5.74) is 0. The summed E-state index contributed by atoms with van der Waals surface area (Å²) in [7, 11) is 0. The Bertz CT molecular complexity index is 310. The van der Waals surface area contributed by atoms with Crippen LogP contribution in [0.4, 0.5) is 0 Å². The van der Waals surface area contributed by atoms with Crippen LogP contribution in [0.25, 0.3) is 0 Å². The third kappa shape index (κ3) is 3.14. The van der Waals surface area contributed by atoms with Gasteiger partial charge in [-0.1, -0.05) is 12.1 Å². The van der Waals surface area contributed by atoms with Crippen LogP contribution >= 0.6 is 11.8 Å². The van der Waals surface area contributed by atoms with E-state index in [0.717, 1.165) is 10.6 Å². The summed E-state index contributed by atoms with van der Waals surface area (Å²) >= 11 is 1.74. The molecule has 1 aliphatic rings. The summed E-state index contributed by atoms with van der Waals surface area (Å²) in [6.07, 6.45) is 3.81. The van der Waals surface area contributed by atoms with Gasteiger partial charge in [0.15, 0.2) is 0 Å². The Morgan fingerprint density at radius 2 is 2.27 bits per heavy atom. The van der Waals surface area contributed by atoms with Crippen LogP contribution < -0.4 is 5.32 Å². The summed E-state index contributed by atoms with van der Waals surface area (Å²) in [6, 6.07) is 8.25. The van der Waals surface area contributed by atoms with Crippen molar-refractivity contribution >= 4 is 11.8 Å². The fourth-order valence-electron chi connectivity index (χ4n) is 1.89. The van der Waals surface area contributed by atoms with Crippen LogP contribution in [0.15, 0.2) is 29.2 Å². The third-order valence-electron chi connectivity index (χ3n) is 2.75. The Hall–Kier alpha value is -0.670. The topological polar surface area (TPSA) is 32.3 Å². The summed E-state index contributed by atoms with van der Waals surface area (Å²) in [6.45, 7) is 1.17. The van der Waals surface area contributed by atoms with Crippen molar-refractivity contribution in [3.63, 3.8) is 0 Å². The van der Waals surface area contributed by atoms with Gasteiger partial charge in [-0.25, -0.2) is 0 Å². The van der Waals surface area contributed by atoms with Gasteiger partial charge in [0.25, 0.3) is 0 Å². The van der Waals surface area contributed by atoms with Gasteiger partial charge in [0.05, 0.1) is 0 Å². The van der Waals surface area contributed by atoms with E-state index in [1.165, 1.54) is 25.8 Å². The minimum absolute atomic E-state index is 0.405. The maximum Gasteiger partial charge on any atom is 0.129 e. The first kappa shape index (κ1) is 10.8. The molecule has 0 radical (unpaired) electrons. The van der Waals surface area contributed by atoms with Crippen molar-refractivity contribution in [3.05, 3.63) is 24.3 Å². The highest BCUT2D eigenvalue weighted by Gasteiger charge is 2.13. The lowest BCUT2D eigenvalue weighted by Crippen LogP contribution is -2.21. The molecule has 1 aromatic rings. The molecule has 2 rings (SSSR count). The Morgan fingerprint density at radius 1 is 1.40 bits per heavy atom. The van der Waals surface area contributed by atoms with Crippen molar-refractivity contribution in [1.29, 1.82) is 0 Å². The van der Waals surface area contributed by atoms with Crippen LogP contribution in [-0.2, 0) is 0 Å². The van der Waals surface area contributed by atoms with Crippen LogP contribution in [0, 0.1) is 0 Å². The molecule has 1 saturated heterocycles. The van der Waals surface area contributed by atoms with Crippen molar-refractivity contribution in [2.24, 2.45) is 0 Å². The minimum atomic E-state index is 0.405. The molecule has 3 heteroatoms. The van der Waals surface area contributed by atoms with Crippen LogP contribution in [0.5, 0.6) is 5.75 Å². The smallest absolute Gasteiger partial charge is 0.129 e. The van der Waals surface area contributed by atoms with Gasteiger partial charge in [0.2, 0.25) is 0 Å². The van der Waals surface area contributed by atoms with Crippen LogP contribution in [-0.4, -0.2) is 23.4 Å². The second kappa shape index (κ2) is 5.42.